The van der Waals surface area contributed by atoms with Gasteiger partial charge in [0.2, 0.25) is 0 Å². The fourth-order valence-electron chi connectivity index (χ4n) is 1.44. The highest BCUT2D eigenvalue weighted by Gasteiger charge is 1.95. The lowest BCUT2D eigenvalue weighted by Crippen LogP contribution is -2.28. The molecular weight excluding hydrogens is 216 g/mol. The van der Waals surface area contributed by atoms with Crippen LogP contribution in [-0.4, -0.2) is 6.09 Å². The van der Waals surface area contributed by atoms with Crippen molar-refractivity contribution in [2.75, 3.05) is 10.6 Å². The summed E-state index contributed by atoms with van der Waals surface area (Å²) in [5.74, 6) is 0. The topological polar surface area (TPSA) is 64.2 Å². The maximum Gasteiger partial charge on any atom is 0.138 e. The molecular formula is C13H11N2O2-. The second-order valence-corrected chi connectivity index (χ2v) is 3.48. The summed E-state index contributed by atoms with van der Waals surface area (Å²) in [5, 5.41) is 15.7. The number of amides is 1. The number of carboxylic acid groups (broad SMARTS) is 1. The molecule has 0 radical (unpaired) electrons. The molecule has 0 aliphatic rings. The number of rotatable bonds is 3. The number of nitrogens with one attached hydrogen (secondary N) is 2. The molecule has 0 atom stereocenters. The number of para-hydroxylation sites is 1. The monoisotopic (exact) mass is 227 g/mol. The van der Waals surface area contributed by atoms with Gasteiger partial charge in [0.15, 0.2) is 0 Å². The maximum atomic E-state index is 10.3. The standard InChI is InChI=1S/C13H12N2O2/c16-13(17)15-12-8-6-11(7-9-12)14-10-4-2-1-3-5-10/h1-9,14-15H,(H,16,17)/p-1. The average molecular weight is 227 g/mol. The summed E-state index contributed by atoms with van der Waals surface area (Å²) in [7, 11) is 0. The number of anilines is 3. The SMILES string of the molecule is O=C([O-])Nc1ccc(Nc2ccccc2)cc1. The Hall–Kier alpha value is -2.49. The van der Waals surface area contributed by atoms with Crippen LogP contribution in [0.4, 0.5) is 21.9 Å². The van der Waals surface area contributed by atoms with E-state index in [2.05, 4.69) is 10.6 Å². The molecule has 17 heavy (non-hydrogen) atoms. The van der Waals surface area contributed by atoms with Crippen LogP contribution in [0, 0.1) is 0 Å². The molecule has 0 unspecified atom stereocenters. The van der Waals surface area contributed by atoms with Gasteiger partial charge in [-0.25, -0.2) is 0 Å². The Bertz CT molecular complexity index is 495. The Kier molecular flexibility index (Phi) is 3.25. The molecule has 2 rings (SSSR count). The fraction of sp³-hybridized carbons (Fsp3) is 0. The summed E-state index contributed by atoms with van der Waals surface area (Å²) in [5.41, 5.74) is 2.36. The van der Waals surface area contributed by atoms with Crippen LogP contribution in [-0.2, 0) is 0 Å². The van der Waals surface area contributed by atoms with Gasteiger partial charge >= 0.3 is 0 Å². The van der Waals surface area contributed by atoms with Crippen molar-refractivity contribution >= 4 is 23.2 Å². The Morgan fingerprint density at radius 2 is 1.35 bits per heavy atom. The molecule has 0 heterocycles. The maximum absolute atomic E-state index is 10.3. The van der Waals surface area contributed by atoms with Crippen molar-refractivity contribution in [3.63, 3.8) is 0 Å². The van der Waals surface area contributed by atoms with Crippen LogP contribution in [0.5, 0.6) is 0 Å². The first-order valence-corrected chi connectivity index (χ1v) is 5.14. The zero-order chi connectivity index (χ0) is 12.1. The van der Waals surface area contributed by atoms with Gasteiger partial charge in [0.05, 0.1) is 0 Å². The van der Waals surface area contributed by atoms with Crippen molar-refractivity contribution in [1.29, 1.82) is 0 Å². The summed E-state index contributed by atoms with van der Waals surface area (Å²) in [6, 6.07) is 16.6. The van der Waals surface area contributed by atoms with Gasteiger partial charge in [0.25, 0.3) is 0 Å². The molecule has 2 N–H and O–H groups in total. The molecule has 0 aromatic heterocycles. The van der Waals surface area contributed by atoms with Gasteiger partial charge in [-0.15, -0.1) is 0 Å². The minimum absolute atomic E-state index is 0.489. The lowest BCUT2D eigenvalue weighted by atomic mass is 10.2. The number of hydrogen-bond acceptors (Lipinski definition) is 3. The average Bonchev–Trinajstić information content (AvgIpc) is 2.32. The van der Waals surface area contributed by atoms with Gasteiger partial charge in [0.1, 0.15) is 6.09 Å². The molecule has 0 bridgehead atoms. The van der Waals surface area contributed by atoms with Gasteiger partial charge < -0.3 is 20.5 Å². The summed E-state index contributed by atoms with van der Waals surface area (Å²) in [4.78, 5) is 10.3. The largest absolute Gasteiger partial charge is 0.530 e. The molecule has 0 fully saturated rings. The Morgan fingerprint density at radius 3 is 1.94 bits per heavy atom. The quantitative estimate of drug-likeness (QED) is 0.844. The van der Waals surface area contributed by atoms with E-state index >= 15 is 0 Å². The lowest BCUT2D eigenvalue weighted by Gasteiger charge is -2.09. The smallest absolute Gasteiger partial charge is 0.138 e. The van der Waals surface area contributed by atoms with E-state index < -0.39 is 6.09 Å². The summed E-state index contributed by atoms with van der Waals surface area (Å²) in [6.07, 6.45) is -1.31. The molecule has 0 spiro atoms. The van der Waals surface area contributed by atoms with Gasteiger partial charge in [-0.05, 0) is 36.4 Å². The van der Waals surface area contributed by atoms with Crippen molar-refractivity contribution in [2.24, 2.45) is 0 Å². The van der Waals surface area contributed by atoms with Crippen LogP contribution >= 0.6 is 0 Å². The third kappa shape index (κ3) is 3.24. The first-order valence-electron chi connectivity index (χ1n) is 5.14. The normalized spacial score (nSPS) is 9.65. The first kappa shape index (κ1) is 11.0. The highest BCUT2D eigenvalue weighted by molar-refractivity contribution is 5.81. The third-order valence-electron chi connectivity index (χ3n) is 2.19. The van der Waals surface area contributed by atoms with E-state index in [1.165, 1.54) is 0 Å². The first-order chi connectivity index (χ1) is 8.24. The third-order valence-corrected chi connectivity index (χ3v) is 2.19. The number of carbonyl (C=O) groups is 1. The molecule has 0 aliphatic heterocycles. The van der Waals surface area contributed by atoms with Gasteiger partial charge in [-0.1, -0.05) is 18.2 Å². The second kappa shape index (κ2) is 5.03. The number of carbonyl (C=O) groups excluding carboxylic acids is 1. The van der Waals surface area contributed by atoms with E-state index in [1.807, 2.05) is 30.3 Å². The van der Waals surface area contributed by atoms with Crippen molar-refractivity contribution in [2.45, 2.75) is 0 Å². The molecule has 2 aromatic rings. The van der Waals surface area contributed by atoms with Crippen molar-refractivity contribution in [3.05, 3.63) is 54.6 Å². The van der Waals surface area contributed by atoms with Crippen LogP contribution in [0.15, 0.2) is 54.6 Å². The van der Waals surface area contributed by atoms with Crippen LogP contribution in [0.2, 0.25) is 0 Å². The molecule has 2 aromatic carbocycles. The molecule has 1 amide bonds. The minimum Gasteiger partial charge on any atom is -0.530 e. The van der Waals surface area contributed by atoms with Crippen molar-refractivity contribution in [1.82, 2.24) is 0 Å². The minimum atomic E-state index is -1.31. The van der Waals surface area contributed by atoms with Crippen LogP contribution in [0.25, 0.3) is 0 Å². The number of benzene rings is 2. The summed E-state index contributed by atoms with van der Waals surface area (Å²) >= 11 is 0. The fourth-order valence-corrected chi connectivity index (χ4v) is 1.44. The zero-order valence-electron chi connectivity index (χ0n) is 9.01. The molecule has 4 nitrogen and oxygen atoms in total. The van der Waals surface area contributed by atoms with Gasteiger partial charge in [-0.3, -0.25) is 0 Å². The van der Waals surface area contributed by atoms with Crippen LogP contribution in [0.3, 0.4) is 0 Å². The predicted molar refractivity (Wildman–Crippen MR) is 65.2 cm³/mol. The Morgan fingerprint density at radius 1 is 0.824 bits per heavy atom. The van der Waals surface area contributed by atoms with E-state index in [0.717, 1.165) is 11.4 Å². The zero-order valence-corrected chi connectivity index (χ0v) is 9.01. The molecule has 0 aliphatic carbocycles. The van der Waals surface area contributed by atoms with E-state index in [1.54, 1.807) is 24.3 Å². The molecule has 0 saturated heterocycles. The molecule has 86 valence electrons. The van der Waals surface area contributed by atoms with E-state index in [0.29, 0.717) is 5.69 Å². The van der Waals surface area contributed by atoms with E-state index in [-0.39, 0.29) is 0 Å². The van der Waals surface area contributed by atoms with Crippen molar-refractivity contribution < 1.29 is 9.90 Å². The van der Waals surface area contributed by atoms with Crippen LogP contribution < -0.4 is 15.7 Å². The number of hydrogen-bond donors (Lipinski definition) is 2. The van der Waals surface area contributed by atoms with Gasteiger partial charge in [-0.2, -0.15) is 0 Å². The van der Waals surface area contributed by atoms with E-state index in [9.17, 15) is 9.90 Å². The highest BCUT2D eigenvalue weighted by Crippen LogP contribution is 2.18. The second-order valence-electron chi connectivity index (χ2n) is 3.48. The molecule has 0 saturated carbocycles. The summed E-state index contributed by atoms with van der Waals surface area (Å²) < 4.78 is 0. The van der Waals surface area contributed by atoms with E-state index in [4.69, 9.17) is 0 Å². The Labute approximate surface area is 98.9 Å². The van der Waals surface area contributed by atoms with Gasteiger partial charge in [0, 0.05) is 17.1 Å². The highest BCUT2D eigenvalue weighted by atomic mass is 16.4. The van der Waals surface area contributed by atoms with Crippen LogP contribution in [0.1, 0.15) is 0 Å². The summed E-state index contributed by atoms with van der Waals surface area (Å²) in [6.45, 7) is 0. The molecule has 4 heteroatoms. The van der Waals surface area contributed by atoms with Crippen molar-refractivity contribution in [3.8, 4) is 0 Å². The lowest BCUT2D eigenvalue weighted by molar-refractivity contribution is -0.242. The predicted octanol–water partition coefficient (Wildman–Crippen LogP) is 2.19. The Balaban J connectivity index is 2.06.